The van der Waals surface area contributed by atoms with Gasteiger partial charge in [-0.2, -0.15) is 0 Å². The Morgan fingerprint density at radius 1 is 1.40 bits per heavy atom. The SMILES string of the molecule is N[C@@H](CNC(=O)CC1CCCC1)C(=O)O. The molecule has 1 fully saturated rings. The number of hydrogen-bond acceptors (Lipinski definition) is 3. The number of amides is 1. The molecule has 0 aliphatic heterocycles. The van der Waals surface area contributed by atoms with Gasteiger partial charge in [0, 0.05) is 13.0 Å². The van der Waals surface area contributed by atoms with Crippen molar-refractivity contribution in [2.45, 2.75) is 38.1 Å². The highest BCUT2D eigenvalue weighted by Gasteiger charge is 2.19. The van der Waals surface area contributed by atoms with Gasteiger partial charge in [0.05, 0.1) is 0 Å². The van der Waals surface area contributed by atoms with Gasteiger partial charge in [0.15, 0.2) is 0 Å². The zero-order valence-electron chi connectivity index (χ0n) is 8.74. The number of carboxylic acids is 1. The van der Waals surface area contributed by atoms with Gasteiger partial charge in [0.2, 0.25) is 5.91 Å². The van der Waals surface area contributed by atoms with Crippen LogP contribution in [0.25, 0.3) is 0 Å². The Morgan fingerprint density at radius 2 is 2.00 bits per heavy atom. The van der Waals surface area contributed by atoms with Gasteiger partial charge < -0.3 is 16.2 Å². The van der Waals surface area contributed by atoms with Crippen LogP contribution >= 0.6 is 0 Å². The Hall–Kier alpha value is -1.10. The van der Waals surface area contributed by atoms with Crippen molar-refractivity contribution in [1.29, 1.82) is 0 Å². The number of hydrogen-bond donors (Lipinski definition) is 3. The first kappa shape index (κ1) is 12.0. The first-order valence-electron chi connectivity index (χ1n) is 5.34. The summed E-state index contributed by atoms with van der Waals surface area (Å²) in [7, 11) is 0. The van der Waals surface area contributed by atoms with Gasteiger partial charge in [-0.1, -0.05) is 12.8 Å². The Balaban J connectivity index is 2.15. The standard InChI is InChI=1S/C10H18N2O3/c11-8(10(14)15)6-12-9(13)5-7-3-1-2-4-7/h7-8H,1-6,11H2,(H,12,13)(H,14,15)/t8-/m0/s1. The topological polar surface area (TPSA) is 92.4 Å². The van der Waals surface area contributed by atoms with Crippen molar-refractivity contribution in [2.24, 2.45) is 11.7 Å². The summed E-state index contributed by atoms with van der Waals surface area (Å²) in [5.74, 6) is -0.694. The molecule has 4 N–H and O–H groups in total. The Kier molecular flexibility index (Phi) is 4.55. The molecule has 5 nitrogen and oxygen atoms in total. The summed E-state index contributed by atoms with van der Waals surface area (Å²) in [5, 5.41) is 11.0. The van der Waals surface area contributed by atoms with Gasteiger partial charge in [-0.25, -0.2) is 0 Å². The second-order valence-corrected chi connectivity index (χ2v) is 4.10. The second kappa shape index (κ2) is 5.70. The molecule has 0 saturated heterocycles. The fourth-order valence-electron chi connectivity index (χ4n) is 1.86. The van der Waals surface area contributed by atoms with Crippen LogP contribution in [-0.4, -0.2) is 29.6 Å². The molecule has 0 heterocycles. The molecular weight excluding hydrogens is 196 g/mol. The predicted molar refractivity (Wildman–Crippen MR) is 55.2 cm³/mol. The number of aliphatic carboxylic acids is 1. The first-order chi connectivity index (χ1) is 7.09. The van der Waals surface area contributed by atoms with Crippen LogP contribution in [0, 0.1) is 5.92 Å². The minimum Gasteiger partial charge on any atom is -0.480 e. The number of nitrogens with one attached hydrogen (secondary N) is 1. The Labute approximate surface area is 89.0 Å². The number of nitrogens with two attached hydrogens (primary N) is 1. The van der Waals surface area contributed by atoms with E-state index in [1.807, 2.05) is 0 Å². The molecule has 0 aromatic carbocycles. The van der Waals surface area contributed by atoms with E-state index < -0.39 is 12.0 Å². The van der Waals surface area contributed by atoms with Gasteiger partial charge in [-0.3, -0.25) is 9.59 Å². The first-order valence-corrected chi connectivity index (χ1v) is 5.34. The number of carboxylic acid groups (broad SMARTS) is 1. The van der Waals surface area contributed by atoms with Crippen molar-refractivity contribution in [3.05, 3.63) is 0 Å². The monoisotopic (exact) mass is 214 g/mol. The fraction of sp³-hybridized carbons (Fsp3) is 0.800. The van der Waals surface area contributed by atoms with Crippen molar-refractivity contribution in [1.82, 2.24) is 5.32 Å². The van der Waals surface area contributed by atoms with Crippen LogP contribution in [0.2, 0.25) is 0 Å². The predicted octanol–water partition coefficient (Wildman–Crippen LogP) is 0.0948. The van der Waals surface area contributed by atoms with Crippen LogP contribution in [0.1, 0.15) is 32.1 Å². The van der Waals surface area contributed by atoms with Crippen LogP contribution in [0.5, 0.6) is 0 Å². The lowest BCUT2D eigenvalue weighted by atomic mass is 10.0. The molecule has 15 heavy (non-hydrogen) atoms. The summed E-state index contributed by atoms with van der Waals surface area (Å²) in [6, 6.07) is -1.00. The Morgan fingerprint density at radius 3 is 2.53 bits per heavy atom. The number of carbonyl (C=O) groups is 2. The lowest BCUT2D eigenvalue weighted by Crippen LogP contribution is -2.42. The largest absolute Gasteiger partial charge is 0.480 e. The smallest absolute Gasteiger partial charge is 0.322 e. The van der Waals surface area contributed by atoms with Gasteiger partial charge in [-0.05, 0) is 18.8 Å². The maximum atomic E-state index is 11.4. The van der Waals surface area contributed by atoms with E-state index in [1.54, 1.807) is 0 Å². The molecule has 0 aromatic heterocycles. The summed E-state index contributed by atoms with van der Waals surface area (Å²) in [6.45, 7) is 0.0148. The molecule has 86 valence electrons. The van der Waals surface area contributed by atoms with Crippen molar-refractivity contribution in [3.63, 3.8) is 0 Å². The molecule has 0 bridgehead atoms. The van der Waals surface area contributed by atoms with E-state index >= 15 is 0 Å². The molecule has 1 atom stereocenters. The van der Waals surface area contributed by atoms with E-state index in [2.05, 4.69) is 5.32 Å². The number of carbonyl (C=O) groups excluding carboxylic acids is 1. The van der Waals surface area contributed by atoms with Gasteiger partial charge >= 0.3 is 5.97 Å². The van der Waals surface area contributed by atoms with Crippen LogP contribution in [0.15, 0.2) is 0 Å². The van der Waals surface area contributed by atoms with Gasteiger partial charge in [-0.15, -0.1) is 0 Å². The quantitative estimate of drug-likeness (QED) is 0.605. The summed E-state index contributed by atoms with van der Waals surface area (Å²) < 4.78 is 0. The molecule has 5 heteroatoms. The third-order valence-corrected chi connectivity index (χ3v) is 2.79. The zero-order valence-corrected chi connectivity index (χ0v) is 8.74. The highest BCUT2D eigenvalue weighted by atomic mass is 16.4. The van der Waals surface area contributed by atoms with E-state index in [9.17, 15) is 9.59 Å². The van der Waals surface area contributed by atoms with Crippen molar-refractivity contribution in [3.8, 4) is 0 Å². The highest BCUT2D eigenvalue weighted by Crippen LogP contribution is 2.27. The zero-order chi connectivity index (χ0) is 11.3. The Bertz CT molecular complexity index is 237. The lowest BCUT2D eigenvalue weighted by Gasteiger charge is -2.11. The average Bonchev–Trinajstić information content (AvgIpc) is 2.66. The van der Waals surface area contributed by atoms with Gasteiger partial charge in [0.25, 0.3) is 0 Å². The average molecular weight is 214 g/mol. The molecule has 0 aromatic rings. The fourth-order valence-corrected chi connectivity index (χ4v) is 1.86. The minimum atomic E-state index is -1.09. The molecule has 1 saturated carbocycles. The summed E-state index contributed by atoms with van der Waals surface area (Å²) in [5.41, 5.74) is 5.26. The lowest BCUT2D eigenvalue weighted by molar-refractivity contribution is -0.138. The van der Waals surface area contributed by atoms with Gasteiger partial charge in [0.1, 0.15) is 6.04 Å². The highest BCUT2D eigenvalue weighted by molar-refractivity contribution is 5.78. The van der Waals surface area contributed by atoms with E-state index in [-0.39, 0.29) is 12.5 Å². The van der Waals surface area contributed by atoms with E-state index in [0.717, 1.165) is 12.8 Å². The maximum absolute atomic E-state index is 11.4. The minimum absolute atomic E-state index is 0.0148. The van der Waals surface area contributed by atoms with E-state index in [4.69, 9.17) is 10.8 Å². The van der Waals surface area contributed by atoms with Crippen LogP contribution in [0.4, 0.5) is 0 Å². The number of rotatable bonds is 5. The molecule has 1 rings (SSSR count). The normalized spacial score (nSPS) is 18.7. The second-order valence-electron chi connectivity index (χ2n) is 4.10. The molecule has 0 spiro atoms. The van der Waals surface area contributed by atoms with E-state index in [1.165, 1.54) is 12.8 Å². The summed E-state index contributed by atoms with van der Waals surface area (Å²) in [6.07, 6.45) is 5.13. The molecule has 1 aliphatic rings. The molecule has 1 aliphatic carbocycles. The van der Waals surface area contributed by atoms with E-state index in [0.29, 0.717) is 12.3 Å². The molecular formula is C10H18N2O3. The van der Waals surface area contributed by atoms with Crippen molar-refractivity contribution in [2.75, 3.05) is 6.54 Å². The van der Waals surface area contributed by atoms with Crippen molar-refractivity contribution >= 4 is 11.9 Å². The molecule has 0 radical (unpaired) electrons. The summed E-state index contributed by atoms with van der Waals surface area (Å²) in [4.78, 5) is 21.7. The molecule has 0 unspecified atom stereocenters. The van der Waals surface area contributed by atoms with Crippen molar-refractivity contribution < 1.29 is 14.7 Å². The third kappa shape index (κ3) is 4.29. The summed E-state index contributed by atoms with van der Waals surface area (Å²) >= 11 is 0. The maximum Gasteiger partial charge on any atom is 0.322 e. The van der Waals surface area contributed by atoms with Crippen LogP contribution in [-0.2, 0) is 9.59 Å². The van der Waals surface area contributed by atoms with Crippen LogP contribution < -0.4 is 11.1 Å². The molecule has 1 amide bonds. The van der Waals surface area contributed by atoms with Crippen LogP contribution in [0.3, 0.4) is 0 Å². The third-order valence-electron chi connectivity index (χ3n) is 2.79.